The van der Waals surface area contributed by atoms with Gasteiger partial charge in [-0.15, -0.1) is 12.4 Å². The first-order chi connectivity index (χ1) is 12.6. The van der Waals surface area contributed by atoms with E-state index in [4.69, 9.17) is 0 Å². The van der Waals surface area contributed by atoms with E-state index in [1.54, 1.807) is 0 Å². The molecule has 0 bridgehead atoms. The average Bonchev–Trinajstić information content (AvgIpc) is 3.36. The third kappa shape index (κ3) is 4.14. The second kappa shape index (κ2) is 8.19. The van der Waals surface area contributed by atoms with Crippen LogP contribution in [-0.2, 0) is 4.79 Å². The monoisotopic (exact) mass is 391 g/mol. The zero-order valence-electron chi connectivity index (χ0n) is 16.0. The molecule has 0 radical (unpaired) electrons. The number of para-hydroxylation sites is 1. The van der Waals surface area contributed by atoms with E-state index in [1.165, 1.54) is 0 Å². The molecule has 4 rings (SSSR count). The van der Waals surface area contributed by atoms with E-state index in [-0.39, 0.29) is 35.6 Å². The molecule has 2 saturated heterocycles. The highest BCUT2D eigenvalue weighted by molar-refractivity contribution is 6.04. The van der Waals surface area contributed by atoms with Crippen molar-refractivity contribution in [3.8, 4) is 0 Å². The van der Waals surface area contributed by atoms with E-state index in [0.29, 0.717) is 17.2 Å². The lowest BCUT2D eigenvalue weighted by atomic mass is 9.91. The van der Waals surface area contributed by atoms with Gasteiger partial charge in [-0.05, 0) is 68.7 Å². The Labute approximate surface area is 167 Å². The third-order valence-corrected chi connectivity index (χ3v) is 6.59. The summed E-state index contributed by atoms with van der Waals surface area (Å²) in [5.41, 5.74) is 1.49. The Morgan fingerprint density at radius 2 is 1.81 bits per heavy atom. The zero-order valence-corrected chi connectivity index (χ0v) is 16.8. The smallest absolute Gasteiger partial charge is 0.255 e. The molecule has 1 aromatic carbocycles. The number of nitrogens with one attached hydrogen (secondary N) is 2. The minimum Gasteiger partial charge on any atom is -0.339 e. The minimum atomic E-state index is 0. The van der Waals surface area contributed by atoms with Gasteiger partial charge in [0.15, 0.2) is 0 Å². The van der Waals surface area contributed by atoms with E-state index in [0.717, 1.165) is 58.3 Å². The van der Waals surface area contributed by atoms with Crippen molar-refractivity contribution in [2.75, 3.05) is 31.5 Å². The highest BCUT2D eigenvalue weighted by Gasteiger charge is 2.57. The molecular weight excluding hydrogens is 362 g/mol. The standard InChI is InChI=1S/C21H29N3O2.ClH/c1-15-6-12-24(13-7-15)20(26)16-4-2-3-5-18(16)23-19(25)17-14-21(17)8-10-22-11-9-21;/h2-5,15,17,22H,6-14H2,1H3,(H,23,25);1H. The normalized spacial score (nSPS) is 24.2. The minimum absolute atomic E-state index is 0. The van der Waals surface area contributed by atoms with Crippen LogP contribution in [0, 0.1) is 17.3 Å². The summed E-state index contributed by atoms with van der Waals surface area (Å²) in [6.45, 7) is 5.86. The number of carbonyl (C=O) groups is 2. The van der Waals surface area contributed by atoms with Crippen LogP contribution in [-0.4, -0.2) is 42.9 Å². The number of benzene rings is 1. The Hall–Kier alpha value is -1.59. The van der Waals surface area contributed by atoms with Gasteiger partial charge in [-0.1, -0.05) is 19.1 Å². The SMILES string of the molecule is CC1CCN(C(=O)c2ccccc2NC(=O)C2CC23CCNCC3)CC1.Cl. The first-order valence-electron chi connectivity index (χ1n) is 9.99. The lowest BCUT2D eigenvalue weighted by Gasteiger charge is -2.31. The molecule has 1 spiro atoms. The molecule has 27 heavy (non-hydrogen) atoms. The van der Waals surface area contributed by atoms with Gasteiger partial charge >= 0.3 is 0 Å². The molecule has 1 saturated carbocycles. The van der Waals surface area contributed by atoms with Crippen molar-refractivity contribution in [3.05, 3.63) is 29.8 Å². The molecule has 2 N–H and O–H groups in total. The summed E-state index contributed by atoms with van der Waals surface area (Å²) in [6.07, 6.45) is 5.26. The highest BCUT2D eigenvalue weighted by atomic mass is 35.5. The Morgan fingerprint density at radius 3 is 2.52 bits per heavy atom. The molecule has 2 heterocycles. The number of nitrogens with zero attached hydrogens (tertiary/aromatic N) is 1. The molecule has 148 valence electrons. The van der Waals surface area contributed by atoms with Crippen molar-refractivity contribution in [2.24, 2.45) is 17.3 Å². The first-order valence-corrected chi connectivity index (χ1v) is 9.99. The molecule has 5 nitrogen and oxygen atoms in total. The van der Waals surface area contributed by atoms with Gasteiger partial charge in [-0.2, -0.15) is 0 Å². The molecule has 2 aliphatic heterocycles. The van der Waals surface area contributed by atoms with Gasteiger partial charge in [0.05, 0.1) is 11.3 Å². The van der Waals surface area contributed by atoms with E-state index >= 15 is 0 Å². The summed E-state index contributed by atoms with van der Waals surface area (Å²) >= 11 is 0. The predicted octanol–water partition coefficient (Wildman–Crippen LogP) is 3.31. The van der Waals surface area contributed by atoms with Gasteiger partial charge in [-0.3, -0.25) is 9.59 Å². The largest absolute Gasteiger partial charge is 0.339 e. The number of anilines is 1. The van der Waals surface area contributed by atoms with Gasteiger partial charge in [0.1, 0.15) is 0 Å². The van der Waals surface area contributed by atoms with E-state index < -0.39 is 0 Å². The van der Waals surface area contributed by atoms with Crippen LogP contribution in [0.25, 0.3) is 0 Å². The lowest BCUT2D eigenvalue weighted by molar-refractivity contribution is -0.118. The van der Waals surface area contributed by atoms with E-state index in [9.17, 15) is 9.59 Å². The Bertz CT molecular complexity index is 694. The summed E-state index contributed by atoms with van der Waals surface area (Å²) in [6, 6.07) is 7.46. The molecule has 0 aromatic heterocycles. The van der Waals surface area contributed by atoms with Gasteiger partial charge in [0, 0.05) is 19.0 Å². The average molecular weight is 392 g/mol. The van der Waals surface area contributed by atoms with E-state index in [1.807, 2.05) is 29.2 Å². The maximum atomic E-state index is 13.0. The lowest BCUT2D eigenvalue weighted by Crippen LogP contribution is -2.38. The number of piperidine rings is 2. The van der Waals surface area contributed by atoms with Crippen LogP contribution in [0.4, 0.5) is 5.69 Å². The first kappa shape index (κ1) is 20.2. The number of halogens is 1. The maximum Gasteiger partial charge on any atom is 0.255 e. The number of rotatable bonds is 3. The van der Waals surface area contributed by atoms with Gasteiger partial charge in [0.25, 0.3) is 5.91 Å². The topological polar surface area (TPSA) is 61.4 Å². The van der Waals surface area contributed by atoms with Crippen molar-refractivity contribution in [2.45, 2.75) is 39.0 Å². The molecule has 6 heteroatoms. The third-order valence-electron chi connectivity index (χ3n) is 6.59. The van der Waals surface area contributed by atoms with Gasteiger partial charge < -0.3 is 15.5 Å². The van der Waals surface area contributed by atoms with Crippen LogP contribution in [0.3, 0.4) is 0 Å². The summed E-state index contributed by atoms with van der Waals surface area (Å²) in [5.74, 6) is 0.910. The second-order valence-corrected chi connectivity index (χ2v) is 8.38. The fourth-order valence-electron chi connectivity index (χ4n) is 4.58. The van der Waals surface area contributed by atoms with Crippen LogP contribution in [0.2, 0.25) is 0 Å². The van der Waals surface area contributed by atoms with Crippen LogP contribution in [0.1, 0.15) is 49.4 Å². The molecule has 1 atom stereocenters. The molecule has 1 aromatic rings. The molecule has 3 aliphatic rings. The van der Waals surface area contributed by atoms with Crippen molar-refractivity contribution in [3.63, 3.8) is 0 Å². The summed E-state index contributed by atoms with van der Waals surface area (Å²) in [7, 11) is 0. The molecule has 1 aliphatic carbocycles. The number of hydrogen-bond acceptors (Lipinski definition) is 3. The molecular formula is C21H30ClN3O2. The maximum absolute atomic E-state index is 13.0. The summed E-state index contributed by atoms with van der Waals surface area (Å²) < 4.78 is 0. The molecule has 2 amide bonds. The number of amides is 2. The van der Waals surface area contributed by atoms with Crippen LogP contribution in [0.5, 0.6) is 0 Å². The quantitative estimate of drug-likeness (QED) is 0.830. The highest BCUT2D eigenvalue weighted by Crippen LogP contribution is 2.58. The Morgan fingerprint density at radius 1 is 1.15 bits per heavy atom. The predicted molar refractivity (Wildman–Crippen MR) is 109 cm³/mol. The fraction of sp³-hybridized carbons (Fsp3) is 0.619. The molecule has 1 unspecified atom stereocenters. The Kier molecular flexibility index (Phi) is 6.11. The van der Waals surface area contributed by atoms with Crippen LogP contribution < -0.4 is 10.6 Å². The van der Waals surface area contributed by atoms with Crippen molar-refractivity contribution >= 4 is 29.9 Å². The van der Waals surface area contributed by atoms with Gasteiger partial charge in [-0.25, -0.2) is 0 Å². The number of likely N-dealkylation sites (tertiary alicyclic amines) is 1. The fourth-order valence-corrected chi connectivity index (χ4v) is 4.58. The van der Waals surface area contributed by atoms with Gasteiger partial charge in [0.2, 0.25) is 5.91 Å². The zero-order chi connectivity index (χ0) is 18.1. The van der Waals surface area contributed by atoms with Crippen LogP contribution >= 0.6 is 12.4 Å². The number of carbonyl (C=O) groups excluding carboxylic acids is 2. The summed E-state index contributed by atoms with van der Waals surface area (Å²) in [4.78, 5) is 27.7. The second-order valence-electron chi connectivity index (χ2n) is 8.38. The summed E-state index contributed by atoms with van der Waals surface area (Å²) in [5, 5.41) is 6.44. The van der Waals surface area contributed by atoms with Crippen LogP contribution in [0.15, 0.2) is 24.3 Å². The van der Waals surface area contributed by atoms with E-state index in [2.05, 4.69) is 17.6 Å². The van der Waals surface area contributed by atoms with Crippen molar-refractivity contribution < 1.29 is 9.59 Å². The molecule has 3 fully saturated rings. The Balaban J connectivity index is 0.00000210. The van der Waals surface area contributed by atoms with Crippen molar-refractivity contribution in [1.29, 1.82) is 0 Å². The number of hydrogen-bond donors (Lipinski definition) is 2. The van der Waals surface area contributed by atoms with Crippen molar-refractivity contribution in [1.82, 2.24) is 10.2 Å².